The number of urea groups is 1. The second kappa shape index (κ2) is 9.60. The van der Waals surface area contributed by atoms with E-state index in [1.165, 1.54) is 0 Å². The second-order valence-corrected chi connectivity index (χ2v) is 6.54. The summed E-state index contributed by atoms with van der Waals surface area (Å²) >= 11 is 0. The molecule has 0 aromatic carbocycles. The maximum absolute atomic E-state index is 11.8. The fourth-order valence-corrected chi connectivity index (χ4v) is 1.79. The number of hydrogen-bond acceptors (Lipinski definition) is 5. The Bertz CT molecular complexity index is 538. The molecule has 0 aromatic rings. The Labute approximate surface area is 144 Å². The van der Waals surface area contributed by atoms with Crippen molar-refractivity contribution in [2.45, 2.75) is 58.5 Å². The van der Waals surface area contributed by atoms with E-state index in [0.717, 1.165) is 0 Å². The number of Topliss-reactive ketones (excluding diaryl/α,β-unsaturated/α-hetero) is 1. The lowest BCUT2D eigenvalue weighted by Gasteiger charge is -2.20. The maximum Gasteiger partial charge on any atom is 0.326 e. The van der Waals surface area contributed by atoms with Crippen LogP contribution in [0.2, 0.25) is 0 Å². The Kier molecular flexibility index (Phi) is 8.58. The van der Waals surface area contributed by atoms with Crippen LogP contribution >= 0.6 is 0 Å². The lowest BCUT2D eigenvalue weighted by Crippen LogP contribution is -2.51. The van der Waals surface area contributed by atoms with Gasteiger partial charge in [-0.05, 0) is 12.8 Å². The standard InChI is InChI=1S/C15H24N2O8/c1-15(2,3)10(18)6-4-8(12(21)22)16-14(25)17-9(13(23)24)5-7-11(19)20/h8-9H,4-7H2,1-3H3,(H,19,20)(H,21,22)(H,23,24)(H2,16,17,25)/t8-,9-/m0/s1. The van der Waals surface area contributed by atoms with Gasteiger partial charge in [0.1, 0.15) is 17.9 Å². The molecule has 10 nitrogen and oxygen atoms in total. The van der Waals surface area contributed by atoms with E-state index >= 15 is 0 Å². The number of ketones is 1. The minimum Gasteiger partial charge on any atom is -0.481 e. The predicted molar refractivity (Wildman–Crippen MR) is 85.1 cm³/mol. The molecule has 2 atom stereocenters. The highest BCUT2D eigenvalue weighted by molar-refractivity contribution is 5.87. The molecule has 10 heteroatoms. The monoisotopic (exact) mass is 360 g/mol. The Morgan fingerprint density at radius 1 is 0.800 bits per heavy atom. The van der Waals surface area contributed by atoms with Crippen LogP contribution in [0.1, 0.15) is 46.5 Å². The van der Waals surface area contributed by atoms with Crippen LogP contribution in [0.3, 0.4) is 0 Å². The van der Waals surface area contributed by atoms with Gasteiger partial charge in [-0.25, -0.2) is 14.4 Å². The average Bonchev–Trinajstić information content (AvgIpc) is 2.45. The van der Waals surface area contributed by atoms with Gasteiger partial charge >= 0.3 is 23.9 Å². The van der Waals surface area contributed by atoms with Crippen LogP contribution in [0.4, 0.5) is 4.79 Å². The average molecular weight is 360 g/mol. The highest BCUT2D eigenvalue weighted by Crippen LogP contribution is 2.18. The molecule has 0 radical (unpaired) electrons. The molecule has 0 heterocycles. The lowest BCUT2D eigenvalue weighted by molar-refractivity contribution is -0.141. The Hall–Kier alpha value is -2.65. The predicted octanol–water partition coefficient (Wildman–Crippen LogP) is 0.452. The number of aliphatic carboxylic acids is 3. The van der Waals surface area contributed by atoms with E-state index in [2.05, 4.69) is 5.32 Å². The summed E-state index contributed by atoms with van der Waals surface area (Å²) < 4.78 is 0. The summed E-state index contributed by atoms with van der Waals surface area (Å²) in [5.74, 6) is -4.20. The van der Waals surface area contributed by atoms with E-state index in [1.54, 1.807) is 20.8 Å². The number of carboxylic acids is 3. The van der Waals surface area contributed by atoms with Crippen molar-refractivity contribution in [2.75, 3.05) is 0 Å². The minimum atomic E-state index is -1.47. The summed E-state index contributed by atoms with van der Waals surface area (Å²) in [7, 11) is 0. The smallest absolute Gasteiger partial charge is 0.326 e. The Balaban J connectivity index is 4.71. The zero-order valence-electron chi connectivity index (χ0n) is 14.4. The molecule has 0 spiro atoms. The third-order valence-electron chi connectivity index (χ3n) is 3.35. The third kappa shape index (κ3) is 9.28. The van der Waals surface area contributed by atoms with Crippen LogP contribution in [0.15, 0.2) is 0 Å². The highest BCUT2D eigenvalue weighted by atomic mass is 16.4. The van der Waals surface area contributed by atoms with Crippen molar-refractivity contribution in [3.05, 3.63) is 0 Å². The quantitative estimate of drug-likeness (QED) is 0.374. The Morgan fingerprint density at radius 2 is 1.20 bits per heavy atom. The van der Waals surface area contributed by atoms with E-state index < -0.39 is 47.9 Å². The van der Waals surface area contributed by atoms with Crippen LogP contribution in [0.5, 0.6) is 0 Å². The number of amides is 2. The molecular weight excluding hydrogens is 336 g/mol. The van der Waals surface area contributed by atoms with Crippen LogP contribution in [-0.2, 0) is 19.2 Å². The van der Waals surface area contributed by atoms with E-state index in [1.807, 2.05) is 5.32 Å². The zero-order valence-corrected chi connectivity index (χ0v) is 14.4. The van der Waals surface area contributed by atoms with Gasteiger partial charge in [-0.2, -0.15) is 0 Å². The zero-order chi connectivity index (χ0) is 19.8. The molecule has 0 aliphatic heterocycles. The summed E-state index contributed by atoms with van der Waals surface area (Å²) in [5.41, 5.74) is -0.642. The SMILES string of the molecule is CC(C)(C)C(=O)CC[C@H](NC(=O)N[C@@H](CCC(=O)O)C(=O)O)C(=O)O. The first-order valence-corrected chi connectivity index (χ1v) is 7.62. The van der Waals surface area contributed by atoms with Crippen molar-refractivity contribution in [1.29, 1.82) is 0 Å². The van der Waals surface area contributed by atoms with Gasteiger partial charge in [0.05, 0.1) is 0 Å². The van der Waals surface area contributed by atoms with E-state index in [4.69, 9.17) is 15.3 Å². The van der Waals surface area contributed by atoms with Gasteiger partial charge in [-0.15, -0.1) is 0 Å². The van der Waals surface area contributed by atoms with Crippen molar-refractivity contribution < 1.29 is 39.3 Å². The molecule has 0 unspecified atom stereocenters. The fraction of sp³-hybridized carbons (Fsp3) is 0.667. The number of hydrogen-bond donors (Lipinski definition) is 5. The van der Waals surface area contributed by atoms with Crippen LogP contribution < -0.4 is 10.6 Å². The first-order chi connectivity index (χ1) is 11.3. The van der Waals surface area contributed by atoms with Gasteiger partial charge in [0.15, 0.2) is 0 Å². The summed E-state index contributed by atoms with van der Waals surface area (Å²) in [5, 5.41) is 30.7. The van der Waals surface area contributed by atoms with Crippen molar-refractivity contribution in [3.63, 3.8) is 0 Å². The van der Waals surface area contributed by atoms with Crippen molar-refractivity contribution in [1.82, 2.24) is 10.6 Å². The van der Waals surface area contributed by atoms with Crippen molar-refractivity contribution in [3.8, 4) is 0 Å². The number of nitrogens with one attached hydrogen (secondary N) is 2. The maximum atomic E-state index is 11.8. The van der Waals surface area contributed by atoms with Gasteiger partial charge in [0, 0.05) is 18.3 Å². The fourth-order valence-electron chi connectivity index (χ4n) is 1.79. The molecule has 142 valence electrons. The molecule has 0 fully saturated rings. The largest absolute Gasteiger partial charge is 0.481 e. The first kappa shape index (κ1) is 22.4. The van der Waals surface area contributed by atoms with Crippen molar-refractivity contribution >= 4 is 29.7 Å². The van der Waals surface area contributed by atoms with Gasteiger partial charge in [-0.3, -0.25) is 9.59 Å². The molecule has 5 N–H and O–H groups in total. The third-order valence-corrected chi connectivity index (χ3v) is 3.35. The molecule has 25 heavy (non-hydrogen) atoms. The molecule has 0 rings (SSSR count). The molecule has 0 saturated carbocycles. The molecule has 0 aliphatic carbocycles. The van der Waals surface area contributed by atoms with E-state index in [9.17, 15) is 24.0 Å². The van der Waals surface area contributed by atoms with Crippen LogP contribution in [0.25, 0.3) is 0 Å². The molecular formula is C15H24N2O8. The van der Waals surface area contributed by atoms with Gasteiger partial charge in [0.2, 0.25) is 0 Å². The summed E-state index contributed by atoms with van der Waals surface area (Å²) in [6.07, 6.45) is -1.04. The van der Waals surface area contributed by atoms with Gasteiger partial charge < -0.3 is 26.0 Å². The summed E-state index contributed by atoms with van der Waals surface area (Å²) in [4.78, 5) is 56.3. The van der Waals surface area contributed by atoms with E-state index in [-0.39, 0.29) is 25.0 Å². The number of rotatable bonds is 10. The van der Waals surface area contributed by atoms with E-state index in [0.29, 0.717) is 0 Å². The number of carbonyl (C=O) groups excluding carboxylic acids is 2. The van der Waals surface area contributed by atoms with Crippen LogP contribution in [0, 0.1) is 5.41 Å². The van der Waals surface area contributed by atoms with Gasteiger partial charge in [0.25, 0.3) is 0 Å². The second-order valence-electron chi connectivity index (χ2n) is 6.54. The first-order valence-electron chi connectivity index (χ1n) is 7.62. The van der Waals surface area contributed by atoms with Gasteiger partial charge in [-0.1, -0.05) is 20.8 Å². The highest BCUT2D eigenvalue weighted by Gasteiger charge is 2.27. The molecule has 0 aromatic heterocycles. The normalized spacial score (nSPS) is 13.4. The molecule has 0 bridgehead atoms. The topological polar surface area (TPSA) is 170 Å². The molecule has 0 saturated heterocycles. The summed E-state index contributed by atoms with van der Waals surface area (Å²) in [6.45, 7) is 5.06. The molecule has 0 aliphatic rings. The van der Waals surface area contributed by atoms with Crippen LogP contribution in [-0.4, -0.2) is 57.1 Å². The Morgan fingerprint density at radius 3 is 1.52 bits per heavy atom. The summed E-state index contributed by atoms with van der Waals surface area (Å²) in [6, 6.07) is -3.91. The molecule has 2 amide bonds. The minimum absolute atomic E-state index is 0.0673. The van der Waals surface area contributed by atoms with Crippen molar-refractivity contribution in [2.24, 2.45) is 5.41 Å². The lowest BCUT2D eigenvalue weighted by atomic mass is 9.87. The number of carbonyl (C=O) groups is 5. The number of carboxylic acid groups (broad SMARTS) is 3.